The summed E-state index contributed by atoms with van der Waals surface area (Å²) in [6, 6.07) is -0.505. The molecule has 0 radical (unpaired) electrons. The van der Waals surface area contributed by atoms with Crippen LogP contribution in [0.5, 0.6) is 0 Å². The van der Waals surface area contributed by atoms with E-state index in [0.717, 1.165) is 0 Å². The Kier molecular flexibility index (Phi) is 1.72. The molecule has 1 fully saturated rings. The summed E-state index contributed by atoms with van der Waals surface area (Å²) in [5, 5.41) is 12.4. The Morgan fingerprint density at radius 3 is 3.00 bits per heavy atom. The van der Waals surface area contributed by atoms with Crippen molar-refractivity contribution in [3.63, 3.8) is 0 Å². The van der Waals surface area contributed by atoms with Crippen LogP contribution in [0.4, 0.5) is 0 Å². The van der Waals surface area contributed by atoms with Crippen molar-refractivity contribution in [2.45, 2.75) is 24.5 Å². The first-order valence-corrected chi connectivity index (χ1v) is 4.32. The third kappa shape index (κ3) is 1.26. The van der Waals surface area contributed by atoms with Crippen molar-refractivity contribution < 1.29 is 14.7 Å². The third-order valence-corrected chi connectivity index (χ3v) is 2.73. The molecule has 0 saturated carbocycles. The van der Waals surface area contributed by atoms with Crippen molar-refractivity contribution in [3.05, 3.63) is 11.1 Å². The number of hydrogen-bond acceptors (Lipinski definition) is 3. The quantitative estimate of drug-likeness (QED) is 0.566. The first kappa shape index (κ1) is 8.72. The van der Waals surface area contributed by atoms with Gasteiger partial charge in [-0.05, 0) is 6.08 Å². The van der Waals surface area contributed by atoms with E-state index in [1.807, 2.05) is 0 Å². The minimum atomic E-state index is -1.26. The summed E-state index contributed by atoms with van der Waals surface area (Å²) in [6.07, 6.45) is 1.34. The summed E-state index contributed by atoms with van der Waals surface area (Å²) in [4.78, 5) is 22.1. The molecule has 0 bridgehead atoms. The second-order valence-electron chi connectivity index (χ2n) is 3.41. The van der Waals surface area contributed by atoms with Gasteiger partial charge in [0.15, 0.2) is 5.78 Å². The SMILES string of the molecule is O=C1CC2(O)C=C(Cl)C(=O)CC2N1. The number of amides is 1. The van der Waals surface area contributed by atoms with E-state index < -0.39 is 11.6 Å². The van der Waals surface area contributed by atoms with Crippen LogP contribution in [0.15, 0.2) is 11.1 Å². The summed E-state index contributed by atoms with van der Waals surface area (Å²) in [6.45, 7) is 0. The summed E-state index contributed by atoms with van der Waals surface area (Å²) in [7, 11) is 0. The normalized spacial score (nSPS) is 38.3. The van der Waals surface area contributed by atoms with Crippen molar-refractivity contribution in [1.82, 2.24) is 5.32 Å². The van der Waals surface area contributed by atoms with Gasteiger partial charge in [-0.1, -0.05) is 11.6 Å². The van der Waals surface area contributed by atoms with E-state index in [1.54, 1.807) is 0 Å². The molecule has 0 aromatic heterocycles. The van der Waals surface area contributed by atoms with Gasteiger partial charge >= 0.3 is 0 Å². The van der Waals surface area contributed by atoms with Gasteiger partial charge < -0.3 is 10.4 Å². The molecule has 2 unspecified atom stereocenters. The van der Waals surface area contributed by atoms with E-state index in [-0.39, 0.29) is 29.6 Å². The van der Waals surface area contributed by atoms with Crippen LogP contribution in [0.25, 0.3) is 0 Å². The van der Waals surface area contributed by atoms with Crippen molar-refractivity contribution in [1.29, 1.82) is 0 Å². The molecule has 2 aliphatic rings. The topological polar surface area (TPSA) is 66.4 Å². The van der Waals surface area contributed by atoms with E-state index in [4.69, 9.17) is 11.6 Å². The number of allylic oxidation sites excluding steroid dienone is 1. The monoisotopic (exact) mass is 201 g/mol. The minimum absolute atomic E-state index is 0.0127. The Balaban J connectivity index is 2.38. The van der Waals surface area contributed by atoms with Gasteiger partial charge in [0.05, 0.1) is 17.5 Å². The molecule has 13 heavy (non-hydrogen) atoms. The fraction of sp³-hybridized carbons (Fsp3) is 0.500. The maximum absolute atomic E-state index is 11.1. The Hall–Kier alpha value is -0.870. The van der Waals surface area contributed by atoms with Gasteiger partial charge in [0, 0.05) is 6.42 Å². The number of halogens is 1. The molecule has 1 heterocycles. The van der Waals surface area contributed by atoms with Crippen LogP contribution in [-0.4, -0.2) is 28.4 Å². The van der Waals surface area contributed by atoms with E-state index in [2.05, 4.69) is 5.32 Å². The second kappa shape index (κ2) is 2.56. The Labute approximate surface area is 79.6 Å². The second-order valence-corrected chi connectivity index (χ2v) is 3.81. The standard InChI is InChI=1S/C8H8ClNO3/c9-4-2-8(13)3-7(12)10-6(8)1-5(4)11/h2,6,13H,1,3H2,(H,10,12). The summed E-state index contributed by atoms with van der Waals surface area (Å²) >= 11 is 5.58. The predicted molar refractivity (Wildman–Crippen MR) is 45.1 cm³/mol. The zero-order chi connectivity index (χ0) is 9.64. The molecule has 4 nitrogen and oxygen atoms in total. The lowest BCUT2D eigenvalue weighted by atomic mass is 9.86. The number of nitrogens with one attached hydrogen (secondary N) is 1. The molecule has 1 aliphatic carbocycles. The molecule has 0 aromatic rings. The van der Waals surface area contributed by atoms with Crippen LogP contribution in [0.1, 0.15) is 12.8 Å². The van der Waals surface area contributed by atoms with Gasteiger partial charge in [-0.2, -0.15) is 0 Å². The molecule has 2 rings (SSSR count). The summed E-state index contributed by atoms with van der Waals surface area (Å²) in [5.41, 5.74) is -1.26. The third-order valence-electron chi connectivity index (χ3n) is 2.41. The molecule has 1 saturated heterocycles. The molecule has 70 valence electrons. The summed E-state index contributed by atoms with van der Waals surface area (Å²) in [5.74, 6) is -0.485. The Morgan fingerprint density at radius 1 is 1.62 bits per heavy atom. The lowest BCUT2D eigenvalue weighted by Gasteiger charge is -2.28. The number of hydrogen-bond donors (Lipinski definition) is 2. The van der Waals surface area contributed by atoms with E-state index in [9.17, 15) is 14.7 Å². The number of carbonyl (C=O) groups is 2. The van der Waals surface area contributed by atoms with Crippen molar-refractivity contribution in [2.24, 2.45) is 0 Å². The van der Waals surface area contributed by atoms with E-state index >= 15 is 0 Å². The van der Waals surface area contributed by atoms with Gasteiger partial charge in [-0.25, -0.2) is 0 Å². The summed E-state index contributed by atoms with van der Waals surface area (Å²) < 4.78 is 0. The number of fused-ring (bicyclic) bond motifs is 1. The molecule has 1 amide bonds. The van der Waals surface area contributed by atoms with Crippen LogP contribution in [0, 0.1) is 0 Å². The van der Waals surface area contributed by atoms with Crippen LogP contribution >= 0.6 is 11.6 Å². The highest BCUT2D eigenvalue weighted by molar-refractivity contribution is 6.43. The molecule has 0 spiro atoms. The molecule has 2 atom stereocenters. The minimum Gasteiger partial charge on any atom is -0.383 e. The average Bonchev–Trinajstić information content (AvgIpc) is 2.25. The van der Waals surface area contributed by atoms with Crippen molar-refractivity contribution in [3.8, 4) is 0 Å². The van der Waals surface area contributed by atoms with Crippen molar-refractivity contribution in [2.75, 3.05) is 0 Å². The molecule has 2 N–H and O–H groups in total. The van der Waals surface area contributed by atoms with Gasteiger partial charge in [-0.3, -0.25) is 9.59 Å². The molecule has 0 aromatic carbocycles. The molecule has 5 heteroatoms. The van der Waals surface area contributed by atoms with Gasteiger partial charge in [-0.15, -0.1) is 0 Å². The zero-order valence-electron chi connectivity index (χ0n) is 6.71. The average molecular weight is 202 g/mol. The maximum Gasteiger partial charge on any atom is 0.223 e. The highest BCUT2D eigenvalue weighted by Gasteiger charge is 2.48. The number of rotatable bonds is 0. The largest absolute Gasteiger partial charge is 0.383 e. The maximum atomic E-state index is 11.1. The molecule has 1 aliphatic heterocycles. The Bertz CT molecular complexity index is 325. The van der Waals surface area contributed by atoms with E-state index in [0.29, 0.717) is 0 Å². The first-order chi connectivity index (χ1) is 6.01. The van der Waals surface area contributed by atoms with E-state index in [1.165, 1.54) is 6.08 Å². The first-order valence-electron chi connectivity index (χ1n) is 3.94. The molecular weight excluding hydrogens is 194 g/mol. The van der Waals surface area contributed by atoms with Gasteiger partial charge in [0.1, 0.15) is 5.60 Å². The van der Waals surface area contributed by atoms with Crippen LogP contribution < -0.4 is 5.32 Å². The lowest BCUT2D eigenvalue weighted by Crippen LogP contribution is -2.45. The highest BCUT2D eigenvalue weighted by atomic mass is 35.5. The zero-order valence-corrected chi connectivity index (χ0v) is 7.47. The van der Waals surface area contributed by atoms with Gasteiger partial charge in [0.25, 0.3) is 0 Å². The highest BCUT2D eigenvalue weighted by Crippen LogP contribution is 2.33. The number of carbonyl (C=O) groups excluding carboxylic acids is 2. The van der Waals surface area contributed by atoms with Crippen LogP contribution in [0.3, 0.4) is 0 Å². The number of ketones is 1. The fourth-order valence-electron chi connectivity index (χ4n) is 1.71. The fourth-order valence-corrected chi connectivity index (χ4v) is 1.98. The van der Waals surface area contributed by atoms with Crippen molar-refractivity contribution >= 4 is 23.3 Å². The van der Waals surface area contributed by atoms with Crippen LogP contribution in [-0.2, 0) is 9.59 Å². The number of aliphatic hydroxyl groups is 1. The van der Waals surface area contributed by atoms with Gasteiger partial charge in [0.2, 0.25) is 5.91 Å². The smallest absolute Gasteiger partial charge is 0.223 e. The number of Topliss-reactive ketones (excluding diaryl/α,β-unsaturated/α-hetero) is 1. The Morgan fingerprint density at radius 2 is 2.31 bits per heavy atom. The lowest BCUT2D eigenvalue weighted by molar-refractivity contribution is -0.120. The van der Waals surface area contributed by atoms with Crippen LogP contribution in [0.2, 0.25) is 0 Å². The molecular formula is C8H8ClNO3. The predicted octanol–water partition coefficient (Wildman–Crippen LogP) is -0.298.